The molecule has 0 aliphatic heterocycles. The first kappa shape index (κ1) is 14.9. The van der Waals surface area contributed by atoms with Crippen molar-refractivity contribution in [3.63, 3.8) is 0 Å². The average molecular weight is 219 g/mol. The second kappa shape index (κ2) is 9.17. The lowest BCUT2D eigenvalue weighted by Crippen LogP contribution is -2.29. The Bertz CT molecular complexity index is 267. The van der Waals surface area contributed by atoms with Gasteiger partial charge in [-0.1, -0.05) is 70.2 Å². The van der Waals surface area contributed by atoms with E-state index in [4.69, 9.17) is 0 Å². The van der Waals surface area contributed by atoms with Crippen molar-refractivity contribution in [1.29, 1.82) is 0 Å². The van der Waals surface area contributed by atoms with Gasteiger partial charge in [0.05, 0.1) is 0 Å². The molecular formula is C15H25N. The van der Waals surface area contributed by atoms with E-state index in [9.17, 15) is 0 Å². The Kier molecular flexibility index (Phi) is 8.55. The molecule has 0 saturated carbocycles. The lowest BCUT2D eigenvalue weighted by Gasteiger charge is -2.10. The van der Waals surface area contributed by atoms with Crippen molar-refractivity contribution in [2.45, 2.75) is 46.7 Å². The van der Waals surface area contributed by atoms with Crippen LogP contribution in [0.25, 0.3) is 6.08 Å². The molecular weight excluding hydrogens is 194 g/mol. The van der Waals surface area contributed by atoms with E-state index in [0.29, 0.717) is 12.1 Å². The van der Waals surface area contributed by atoms with Crippen LogP contribution >= 0.6 is 0 Å². The Labute approximate surface area is 101 Å². The van der Waals surface area contributed by atoms with Crippen molar-refractivity contribution < 1.29 is 0 Å². The monoisotopic (exact) mass is 219 g/mol. The van der Waals surface area contributed by atoms with Crippen molar-refractivity contribution in [2.24, 2.45) is 0 Å². The van der Waals surface area contributed by atoms with Gasteiger partial charge in [0.15, 0.2) is 0 Å². The van der Waals surface area contributed by atoms with Gasteiger partial charge in [0.2, 0.25) is 0 Å². The average Bonchev–Trinajstić information content (AvgIpc) is 2.18. The van der Waals surface area contributed by atoms with E-state index in [0.717, 1.165) is 0 Å². The van der Waals surface area contributed by atoms with Crippen LogP contribution in [0.2, 0.25) is 0 Å². The molecule has 90 valence electrons. The highest BCUT2D eigenvalue weighted by Crippen LogP contribution is 1.99. The lowest BCUT2D eigenvalue weighted by atomic mass is 10.2. The highest BCUT2D eigenvalue weighted by molar-refractivity contribution is 5.47. The predicted molar refractivity (Wildman–Crippen MR) is 74.6 cm³/mol. The highest BCUT2D eigenvalue weighted by Gasteiger charge is 1.92. The number of allylic oxidation sites excluding steroid dienone is 1. The summed E-state index contributed by atoms with van der Waals surface area (Å²) in [5.41, 5.74) is 1.26. The molecule has 0 spiro atoms. The van der Waals surface area contributed by atoms with E-state index in [1.807, 2.05) is 31.2 Å². The van der Waals surface area contributed by atoms with Crippen molar-refractivity contribution in [2.75, 3.05) is 0 Å². The second-order valence-electron chi connectivity index (χ2n) is 4.39. The first-order valence-corrected chi connectivity index (χ1v) is 6.00. The normalized spacial score (nSPS) is 10.7. The largest absolute Gasteiger partial charge is 0.312 e. The maximum atomic E-state index is 3.31. The molecule has 0 radical (unpaired) electrons. The number of hydrogen-bond acceptors (Lipinski definition) is 1. The quantitative estimate of drug-likeness (QED) is 0.806. The van der Waals surface area contributed by atoms with Gasteiger partial charge < -0.3 is 5.32 Å². The van der Waals surface area contributed by atoms with Crippen LogP contribution < -0.4 is 5.32 Å². The molecule has 1 nitrogen and oxygen atoms in total. The fourth-order valence-corrected chi connectivity index (χ4v) is 1.42. The molecule has 0 aliphatic carbocycles. The molecule has 0 saturated heterocycles. The van der Waals surface area contributed by atoms with Crippen molar-refractivity contribution in [3.05, 3.63) is 42.0 Å². The molecule has 1 rings (SSSR count). The van der Waals surface area contributed by atoms with Gasteiger partial charge in [0.1, 0.15) is 0 Å². The topological polar surface area (TPSA) is 12.0 Å². The standard InChI is InChI=1S/C9H10.C6H15N/c1-2-6-9-7-4-3-5-8-9;1-5(2)7-6(3)4/h2-8H,1H3;5-7H,1-4H3. The third-order valence-corrected chi connectivity index (χ3v) is 1.83. The Morgan fingerprint density at radius 3 is 1.75 bits per heavy atom. The molecule has 1 aromatic carbocycles. The lowest BCUT2D eigenvalue weighted by molar-refractivity contribution is 0.518. The first-order valence-electron chi connectivity index (χ1n) is 6.00. The summed E-state index contributed by atoms with van der Waals surface area (Å²) in [5.74, 6) is 0. The van der Waals surface area contributed by atoms with Gasteiger partial charge >= 0.3 is 0 Å². The van der Waals surface area contributed by atoms with Gasteiger partial charge in [-0.25, -0.2) is 0 Å². The molecule has 0 aliphatic rings. The minimum Gasteiger partial charge on any atom is -0.312 e. The molecule has 1 aromatic rings. The van der Waals surface area contributed by atoms with Crippen molar-refractivity contribution >= 4 is 6.08 Å². The Balaban J connectivity index is 0.000000293. The number of benzene rings is 1. The fourth-order valence-electron chi connectivity index (χ4n) is 1.42. The van der Waals surface area contributed by atoms with Crippen LogP contribution in [0.1, 0.15) is 40.2 Å². The maximum absolute atomic E-state index is 3.31. The van der Waals surface area contributed by atoms with Crippen LogP contribution in [0.3, 0.4) is 0 Å². The van der Waals surface area contributed by atoms with Crippen LogP contribution in [0.15, 0.2) is 36.4 Å². The molecule has 1 N–H and O–H groups in total. The minimum absolute atomic E-state index is 0.625. The van der Waals surface area contributed by atoms with Crippen LogP contribution in [0.5, 0.6) is 0 Å². The van der Waals surface area contributed by atoms with Crippen LogP contribution in [0, 0.1) is 0 Å². The summed E-state index contributed by atoms with van der Waals surface area (Å²) in [4.78, 5) is 0. The minimum atomic E-state index is 0.625. The summed E-state index contributed by atoms with van der Waals surface area (Å²) in [6.07, 6.45) is 4.12. The van der Waals surface area contributed by atoms with Gasteiger partial charge in [-0.15, -0.1) is 0 Å². The van der Waals surface area contributed by atoms with E-state index in [-0.39, 0.29) is 0 Å². The molecule has 0 heterocycles. The van der Waals surface area contributed by atoms with E-state index in [2.05, 4.69) is 51.2 Å². The maximum Gasteiger partial charge on any atom is 0.00127 e. The van der Waals surface area contributed by atoms with Crippen LogP contribution in [-0.4, -0.2) is 12.1 Å². The van der Waals surface area contributed by atoms with Gasteiger partial charge in [-0.3, -0.25) is 0 Å². The van der Waals surface area contributed by atoms with E-state index in [1.54, 1.807) is 0 Å². The summed E-state index contributed by atoms with van der Waals surface area (Å²) >= 11 is 0. The second-order valence-corrected chi connectivity index (χ2v) is 4.39. The summed E-state index contributed by atoms with van der Waals surface area (Å²) in [6.45, 7) is 10.6. The third kappa shape index (κ3) is 9.47. The fraction of sp³-hybridized carbons (Fsp3) is 0.467. The molecule has 0 amide bonds. The molecule has 0 fully saturated rings. The Morgan fingerprint density at radius 1 is 0.938 bits per heavy atom. The van der Waals surface area contributed by atoms with E-state index in [1.165, 1.54) is 5.56 Å². The molecule has 0 aromatic heterocycles. The highest BCUT2D eigenvalue weighted by atomic mass is 14.9. The van der Waals surface area contributed by atoms with Crippen molar-refractivity contribution in [1.82, 2.24) is 5.32 Å². The van der Waals surface area contributed by atoms with Crippen LogP contribution in [-0.2, 0) is 0 Å². The molecule has 0 unspecified atom stereocenters. The van der Waals surface area contributed by atoms with Crippen molar-refractivity contribution in [3.8, 4) is 0 Å². The smallest absolute Gasteiger partial charge is 0.00127 e. The van der Waals surface area contributed by atoms with E-state index < -0.39 is 0 Å². The summed E-state index contributed by atoms with van der Waals surface area (Å²) in [5, 5.41) is 3.31. The zero-order valence-corrected chi connectivity index (χ0v) is 11.2. The number of hydrogen-bond donors (Lipinski definition) is 1. The molecule has 16 heavy (non-hydrogen) atoms. The van der Waals surface area contributed by atoms with Gasteiger partial charge in [0.25, 0.3) is 0 Å². The predicted octanol–water partition coefficient (Wildman–Crippen LogP) is 4.11. The summed E-state index contributed by atoms with van der Waals surface area (Å²) in [7, 11) is 0. The SMILES string of the molecule is CC(C)NC(C)C.CC=Cc1ccccc1. The zero-order valence-electron chi connectivity index (χ0n) is 11.2. The molecule has 1 heteroatoms. The third-order valence-electron chi connectivity index (χ3n) is 1.83. The van der Waals surface area contributed by atoms with Gasteiger partial charge in [0, 0.05) is 12.1 Å². The van der Waals surface area contributed by atoms with Crippen LogP contribution in [0.4, 0.5) is 0 Å². The summed E-state index contributed by atoms with van der Waals surface area (Å²) in [6, 6.07) is 11.5. The zero-order chi connectivity index (χ0) is 12.4. The van der Waals surface area contributed by atoms with E-state index >= 15 is 0 Å². The van der Waals surface area contributed by atoms with Gasteiger partial charge in [-0.2, -0.15) is 0 Å². The van der Waals surface area contributed by atoms with Gasteiger partial charge in [-0.05, 0) is 12.5 Å². The number of rotatable bonds is 3. The Hall–Kier alpha value is -1.08. The number of nitrogens with one attached hydrogen (secondary N) is 1. The first-order chi connectivity index (χ1) is 7.56. The summed E-state index contributed by atoms with van der Waals surface area (Å²) < 4.78 is 0. The Morgan fingerprint density at radius 2 is 1.44 bits per heavy atom. The molecule has 0 bridgehead atoms. The molecule has 0 atom stereocenters.